The van der Waals surface area contributed by atoms with E-state index in [1.54, 1.807) is 24.5 Å². The van der Waals surface area contributed by atoms with Gasteiger partial charge in [-0.25, -0.2) is 19.9 Å². The van der Waals surface area contributed by atoms with Crippen LogP contribution in [0, 0.1) is 37.5 Å². The van der Waals surface area contributed by atoms with E-state index in [1.807, 2.05) is 50.2 Å². The van der Waals surface area contributed by atoms with Crippen LogP contribution in [0.3, 0.4) is 0 Å². The van der Waals surface area contributed by atoms with Crippen LogP contribution in [0.1, 0.15) is 46.4 Å². The van der Waals surface area contributed by atoms with E-state index in [0.717, 1.165) is 63.5 Å². The number of rotatable bonds is 7. The van der Waals surface area contributed by atoms with Crippen LogP contribution in [0.25, 0.3) is 22.1 Å². The lowest BCUT2D eigenvalue weighted by molar-refractivity contribution is 0.363. The molecule has 0 amide bonds. The number of nitrogens with zero attached hydrogens (tertiary/aromatic N) is 11. The van der Waals surface area contributed by atoms with Crippen molar-refractivity contribution in [2.75, 3.05) is 31.1 Å². The minimum Gasteiger partial charge on any atom is -0.371 e. The lowest BCUT2D eigenvalue weighted by Crippen LogP contribution is -2.23. The van der Waals surface area contributed by atoms with Crippen LogP contribution in [0.4, 0.5) is 5.69 Å². The number of halogens is 4. The minimum absolute atomic E-state index is 0. The molecule has 0 bridgehead atoms. The van der Waals surface area contributed by atoms with Crippen LogP contribution >= 0.6 is 51.5 Å². The SMILES string of the molecule is Cc1ccnc2ncn(Cc3nc(C4[C@H]5CN(c6ccc(Cl)cc6)C[C@@H]45)no3)c(=O)c12.Cc1ccnc2ncn(Cc3nc(C4[C@H]5CNC[C@@H]45)no3)c(=O)c12.Cl.Clc1ccc(Br)cc1. The molecule has 4 aliphatic rings. The minimum atomic E-state index is -0.155. The van der Waals surface area contributed by atoms with Gasteiger partial charge in [0, 0.05) is 57.5 Å². The van der Waals surface area contributed by atoms with Crippen LogP contribution in [0.15, 0.2) is 109 Å². The molecule has 20 heteroatoms. The second-order valence-electron chi connectivity index (χ2n) is 16.3. The number of aryl methyl sites for hydroxylation is 2. The maximum absolute atomic E-state index is 12.8. The number of benzene rings is 2. The highest BCUT2D eigenvalue weighted by Gasteiger charge is 2.58. The molecular weight excluding hydrogens is 947 g/mol. The molecule has 8 aromatic rings. The Labute approximate surface area is 390 Å². The number of hydrogen-bond acceptors (Lipinski definition) is 14. The molecule has 16 nitrogen and oxygen atoms in total. The van der Waals surface area contributed by atoms with Crippen molar-refractivity contribution in [3.63, 3.8) is 0 Å². The van der Waals surface area contributed by atoms with Crippen LogP contribution in [0.2, 0.25) is 10.0 Å². The van der Waals surface area contributed by atoms with Gasteiger partial charge in [0.25, 0.3) is 11.1 Å². The summed E-state index contributed by atoms with van der Waals surface area (Å²) in [6, 6.07) is 19.1. The molecule has 6 aromatic heterocycles. The van der Waals surface area contributed by atoms with Crippen molar-refractivity contribution < 1.29 is 9.05 Å². The van der Waals surface area contributed by atoms with Crippen molar-refractivity contribution in [2.24, 2.45) is 23.7 Å². The first-order valence-electron chi connectivity index (χ1n) is 20.5. The van der Waals surface area contributed by atoms with Gasteiger partial charge in [0.15, 0.2) is 22.9 Å². The lowest BCUT2D eigenvalue weighted by Gasteiger charge is -2.21. The molecule has 0 spiro atoms. The van der Waals surface area contributed by atoms with Crippen LogP contribution < -0.4 is 21.3 Å². The van der Waals surface area contributed by atoms with Gasteiger partial charge in [-0.2, -0.15) is 9.97 Å². The molecule has 2 aromatic carbocycles. The van der Waals surface area contributed by atoms with Gasteiger partial charge in [-0.3, -0.25) is 18.7 Å². The Kier molecular flexibility index (Phi) is 12.4. The third kappa shape index (κ3) is 8.78. The normalized spacial score (nSPS) is 21.3. The van der Waals surface area contributed by atoms with Crippen LogP contribution in [-0.2, 0) is 13.1 Å². The highest BCUT2D eigenvalue weighted by Crippen LogP contribution is 2.58. The van der Waals surface area contributed by atoms with E-state index >= 15 is 0 Å². The van der Waals surface area contributed by atoms with Gasteiger partial charge < -0.3 is 19.3 Å². The summed E-state index contributed by atoms with van der Waals surface area (Å²) in [5, 5.41) is 14.2. The molecular formula is C44H40BrCl3N12O4. The molecule has 328 valence electrons. The Morgan fingerprint density at radius 1 is 0.656 bits per heavy atom. The molecule has 2 aliphatic carbocycles. The smallest absolute Gasteiger partial charge is 0.263 e. The zero-order chi connectivity index (χ0) is 43.4. The van der Waals surface area contributed by atoms with E-state index in [1.165, 1.54) is 27.5 Å². The molecule has 0 radical (unpaired) electrons. The fourth-order valence-corrected chi connectivity index (χ4v) is 9.42. The van der Waals surface area contributed by atoms with Crippen molar-refractivity contribution in [1.29, 1.82) is 0 Å². The summed E-state index contributed by atoms with van der Waals surface area (Å²) in [7, 11) is 0. The molecule has 1 N–H and O–H groups in total. The average Bonchev–Trinajstić information content (AvgIpc) is 3.69. The number of nitrogens with one attached hydrogen (secondary N) is 1. The lowest BCUT2D eigenvalue weighted by atomic mass is 10.2. The van der Waals surface area contributed by atoms with Gasteiger partial charge in [0.2, 0.25) is 11.8 Å². The second-order valence-corrected chi connectivity index (χ2v) is 18.1. The first kappa shape index (κ1) is 43.7. The van der Waals surface area contributed by atoms with Gasteiger partial charge >= 0.3 is 0 Å². The number of hydrogen-bond donors (Lipinski definition) is 1. The van der Waals surface area contributed by atoms with Gasteiger partial charge in [-0.05, 0) is 122 Å². The Hall–Kier alpha value is -5.59. The first-order chi connectivity index (χ1) is 30.6. The molecule has 4 fully saturated rings. The summed E-state index contributed by atoms with van der Waals surface area (Å²) < 4.78 is 14.8. The standard InChI is InChI=1S/C22H19ClN6O2.C16H16N6O2.C6H4BrCl.ClH/c1-12-6-7-24-20-18(12)22(30)29(11-25-20)10-17-26-21(27-31-17)19-15-8-28(9-16(15)19)14-4-2-13(23)3-5-14;1-8-2-3-18-14-12(8)16(23)22(7-19-14)6-11-20-15(21-24-11)13-9-4-17-5-10(9)13;7-5-1-3-6(8)4-2-5;/h2-7,11,15-16,19H,8-10H2,1H3;2-3,7,9-10,13,17H,4-6H2,1H3;1-4H;1H/t15-,16+,19?;9-,10+,13?;;. The summed E-state index contributed by atoms with van der Waals surface area (Å²) in [6.07, 6.45) is 6.27. The molecule has 2 aliphatic heterocycles. The Morgan fingerprint density at radius 3 is 1.58 bits per heavy atom. The largest absolute Gasteiger partial charge is 0.371 e. The molecule has 6 atom stereocenters. The maximum atomic E-state index is 12.8. The highest BCUT2D eigenvalue weighted by atomic mass is 79.9. The van der Waals surface area contributed by atoms with Gasteiger partial charge in [-0.1, -0.05) is 49.4 Å². The monoisotopic (exact) mass is 984 g/mol. The first-order valence-corrected chi connectivity index (χ1v) is 22.0. The van der Waals surface area contributed by atoms with Crippen molar-refractivity contribution in [2.45, 2.75) is 38.8 Å². The molecule has 64 heavy (non-hydrogen) atoms. The average molecular weight is 987 g/mol. The van der Waals surface area contributed by atoms with Crippen LogP contribution in [0.5, 0.6) is 0 Å². The van der Waals surface area contributed by atoms with E-state index in [2.05, 4.69) is 78.5 Å². The number of anilines is 1. The third-order valence-electron chi connectivity index (χ3n) is 12.3. The molecule has 12 rings (SSSR count). The number of pyridine rings is 2. The highest BCUT2D eigenvalue weighted by molar-refractivity contribution is 9.10. The third-order valence-corrected chi connectivity index (χ3v) is 13.4. The van der Waals surface area contributed by atoms with Crippen molar-refractivity contribution in [1.82, 2.24) is 54.7 Å². The van der Waals surface area contributed by atoms with Crippen molar-refractivity contribution >= 4 is 79.3 Å². The van der Waals surface area contributed by atoms with E-state index in [0.29, 0.717) is 69.4 Å². The summed E-state index contributed by atoms with van der Waals surface area (Å²) in [4.78, 5) is 53.8. The Balaban J connectivity index is 0.000000139. The van der Waals surface area contributed by atoms with E-state index in [4.69, 9.17) is 32.2 Å². The predicted molar refractivity (Wildman–Crippen MR) is 246 cm³/mol. The van der Waals surface area contributed by atoms with E-state index in [-0.39, 0.29) is 36.6 Å². The molecule has 2 unspecified atom stereocenters. The predicted octanol–water partition coefficient (Wildman–Crippen LogP) is 7.02. The van der Waals surface area contributed by atoms with Crippen molar-refractivity contribution in [3.05, 3.63) is 155 Å². The van der Waals surface area contributed by atoms with Gasteiger partial charge in [0.05, 0.1) is 10.8 Å². The number of fused-ring (bicyclic) bond motifs is 4. The van der Waals surface area contributed by atoms with E-state index in [9.17, 15) is 9.59 Å². The zero-order valence-electron chi connectivity index (χ0n) is 34.4. The molecule has 8 heterocycles. The summed E-state index contributed by atoms with van der Waals surface area (Å²) in [6.45, 7) is 8.18. The summed E-state index contributed by atoms with van der Waals surface area (Å²) in [5.74, 6) is 5.40. The van der Waals surface area contributed by atoms with Crippen molar-refractivity contribution in [3.8, 4) is 0 Å². The van der Waals surface area contributed by atoms with Crippen LogP contribution in [-0.4, -0.2) is 75.5 Å². The summed E-state index contributed by atoms with van der Waals surface area (Å²) >= 11 is 14.9. The maximum Gasteiger partial charge on any atom is 0.263 e. The fourth-order valence-electron chi connectivity index (χ4n) is 8.91. The molecule has 2 saturated carbocycles. The van der Waals surface area contributed by atoms with Gasteiger partial charge in [-0.15, -0.1) is 12.4 Å². The Morgan fingerprint density at radius 2 is 1.11 bits per heavy atom. The topological polar surface area (TPSA) is 189 Å². The Bertz CT molecular complexity index is 3050. The second kappa shape index (κ2) is 18.1. The summed E-state index contributed by atoms with van der Waals surface area (Å²) in [5.41, 5.74) is 3.51. The van der Waals surface area contributed by atoms with E-state index < -0.39 is 0 Å². The number of aromatic nitrogens is 10. The zero-order valence-corrected chi connectivity index (χ0v) is 38.3. The van der Waals surface area contributed by atoms with Gasteiger partial charge in [0.1, 0.15) is 25.7 Å². The molecule has 2 saturated heterocycles. The quantitative estimate of drug-likeness (QED) is 0.172. The number of piperidine rings is 2. The fraction of sp³-hybridized carbons (Fsp3) is 0.318.